The predicted molar refractivity (Wildman–Crippen MR) is 62.5 cm³/mol. The van der Waals surface area contributed by atoms with Crippen LogP contribution in [0, 0.1) is 11.3 Å². The maximum atomic E-state index is 3.68. The highest BCUT2D eigenvalue weighted by Gasteiger charge is 2.23. The second-order valence-corrected chi connectivity index (χ2v) is 5.92. The lowest BCUT2D eigenvalue weighted by Gasteiger charge is -2.28. The maximum absolute atomic E-state index is 3.68. The van der Waals surface area contributed by atoms with Gasteiger partial charge in [0, 0.05) is 12.6 Å². The van der Waals surface area contributed by atoms with Crippen LogP contribution in [0.15, 0.2) is 0 Å². The number of nitrogens with zero attached hydrogens (tertiary/aromatic N) is 1. The van der Waals surface area contributed by atoms with E-state index >= 15 is 0 Å². The molecule has 0 aromatic carbocycles. The average Bonchev–Trinajstić information content (AvgIpc) is 2.45. The summed E-state index contributed by atoms with van der Waals surface area (Å²) in [5.41, 5.74) is 0.428. The third kappa shape index (κ3) is 3.58. The molecule has 2 atom stereocenters. The number of likely N-dealkylation sites (N-methyl/N-ethyl adjacent to an activating group) is 1. The Hall–Kier alpha value is -0.0800. The zero-order valence-corrected chi connectivity index (χ0v) is 10.4. The summed E-state index contributed by atoms with van der Waals surface area (Å²) >= 11 is 0. The fourth-order valence-electron chi connectivity index (χ4n) is 1.75. The molecule has 0 aromatic rings. The molecule has 84 valence electrons. The Morgan fingerprint density at radius 3 is 2.50 bits per heavy atom. The number of rotatable bonds is 3. The van der Waals surface area contributed by atoms with Crippen molar-refractivity contribution in [3.05, 3.63) is 0 Å². The van der Waals surface area contributed by atoms with Gasteiger partial charge in [0.2, 0.25) is 0 Å². The van der Waals surface area contributed by atoms with Gasteiger partial charge in [-0.3, -0.25) is 0 Å². The summed E-state index contributed by atoms with van der Waals surface area (Å²) in [6, 6.07) is 0.727. The molecule has 0 radical (unpaired) electrons. The summed E-state index contributed by atoms with van der Waals surface area (Å²) in [5, 5.41) is 3.68. The fourth-order valence-corrected chi connectivity index (χ4v) is 1.75. The van der Waals surface area contributed by atoms with E-state index in [0.717, 1.165) is 18.5 Å². The van der Waals surface area contributed by atoms with Gasteiger partial charge in [-0.2, -0.15) is 0 Å². The van der Waals surface area contributed by atoms with Crippen LogP contribution in [0.1, 0.15) is 34.1 Å². The van der Waals surface area contributed by atoms with E-state index in [1.807, 2.05) is 0 Å². The van der Waals surface area contributed by atoms with Gasteiger partial charge in [-0.25, -0.2) is 0 Å². The van der Waals surface area contributed by atoms with Gasteiger partial charge in [0.05, 0.1) is 0 Å². The summed E-state index contributed by atoms with van der Waals surface area (Å²) in [7, 11) is 2.20. The highest BCUT2D eigenvalue weighted by molar-refractivity contribution is 4.81. The van der Waals surface area contributed by atoms with E-state index in [9.17, 15) is 0 Å². The van der Waals surface area contributed by atoms with E-state index in [4.69, 9.17) is 0 Å². The SMILES string of the molecule is CC(CNC1CCN(C)C1)C(C)(C)C. The largest absolute Gasteiger partial charge is 0.312 e. The van der Waals surface area contributed by atoms with Crippen LogP contribution in [0.4, 0.5) is 0 Å². The number of hydrogen-bond donors (Lipinski definition) is 1. The van der Waals surface area contributed by atoms with E-state index in [0.29, 0.717) is 5.41 Å². The minimum Gasteiger partial charge on any atom is -0.312 e. The van der Waals surface area contributed by atoms with Crippen LogP contribution in [0.5, 0.6) is 0 Å². The maximum Gasteiger partial charge on any atom is 0.0207 e. The Morgan fingerprint density at radius 1 is 1.43 bits per heavy atom. The lowest BCUT2D eigenvalue weighted by molar-refractivity contribution is 0.245. The minimum atomic E-state index is 0.428. The van der Waals surface area contributed by atoms with E-state index in [-0.39, 0.29) is 0 Å². The molecule has 0 amide bonds. The van der Waals surface area contributed by atoms with Crippen molar-refractivity contribution >= 4 is 0 Å². The molecule has 14 heavy (non-hydrogen) atoms. The monoisotopic (exact) mass is 198 g/mol. The van der Waals surface area contributed by atoms with Crippen LogP contribution >= 0.6 is 0 Å². The quantitative estimate of drug-likeness (QED) is 0.746. The molecule has 1 fully saturated rings. The molecule has 2 heteroatoms. The normalized spacial score (nSPS) is 26.8. The Bertz CT molecular complexity index is 172. The second kappa shape index (κ2) is 4.63. The van der Waals surface area contributed by atoms with Gasteiger partial charge in [0.15, 0.2) is 0 Å². The molecule has 2 nitrogen and oxygen atoms in total. The average molecular weight is 198 g/mol. The molecule has 0 bridgehead atoms. The third-order valence-corrected chi connectivity index (χ3v) is 3.58. The zero-order chi connectivity index (χ0) is 10.8. The van der Waals surface area contributed by atoms with Crippen molar-refractivity contribution in [3.63, 3.8) is 0 Å². The first kappa shape index (κ1) is 12.0. The van der Waals surface area contributed by atoms with E-state index < -0.39 is 0 Å². The molecule has 1 aliphatic rings. The molecule has 1 saturated heterocycles. The molecule has 0 aromatic heterocycles. The highest BCUT2D eigenvalue weighted by atomic mass is 15.2. The Labute approximate surface area is 89.1 Å². The number of likely N-dealkylation sites (tertiary alicyclic amines) is 1. The lowest BCUT2D eigenvalue weighted by Crippen LogP contribution is -2.37. The lowest BCUT2D eigenvalue weighted by atomic mass is 9.82. The summed E-state index contributed by atoms with van der Waals surface area (Å²) in [4.78, 5) is 2.40. The van der Waals surface area contributed by atoms with Gasteiger partial charge < -0.3 is 10.2 Å². The molecule has 0 saturated carbocycles. The molecule has 1 heterocycles. The molecular formula is C12H26N2. The van der Waals surface area contributed by atoms with Gasteiger partial charge in [-0.1, -0.05) is 27.7 Å². The molecule has 1 aliphatic heterocycles. The third-order valence-electron chi connectivity index (χ3n) is 3.58. The van der Waals surface area contributed by atoms with E-state index in [1.165, 1.54) is 19.5 Å². The molecule has 1 N–H and O–H groups in total. The van der Waals surface area contributed by atoms with Crippen LogP contribution in [-0.4, -0.2) is 37.6 Å². The van der Waals surface area contributed by atoms with Crippen molar-refractivity contribution in [2.24, 2.45) is 11.3 Å². The van der Waals surface area contributed by atoms with Crippen molar-refractivity contribution < 1.29 is 0 Å². The van der Waals surface area contributed by atoms with E-state index in [2.05, 4.69) is 45.0 Å². The zero-order valence-electron chi connectivity index (χ0n) is 10.4. The Balaban J connectivity index is 2.21. The predicted octanol–water partition coefficient (Wildman–Crippen LogP) is 1.96. The molecule has 1 rings (SSSR count). The van der Waals surface area contributed by atoms with Crippen LogP contribution in [-0.2, 0) is 0 Å². The molecule has 0 spiro atoms. The van der Waals surface area contributed by atoms with E-state index in [1.54, 1.807) is 0 Å². The first-order valence-electron chi connectivity index (χ1n) is 5.81. The summed E-state index contributed by atoms with van der Waals surface area (Å²) in [6.07, 6.45) is 1.31. The van der Waals surface area contributed by atoms with Crippen LogP contribution in [0.2, 0.25) is 0 Å². The fraction of sp³-hybridized carbons (Fsp3) is 1.00. The first-order chi connectivity index (χ1) is 6.39. The topological polar surface area (TPSA) is 15.3 Å². The number of hydrogen-bond acceptors (Lipinski definition) is 2. The van der Waals surface area contributed by atoms with Gasteiger partial charge in [0.25, 0.3) is 0 Å². The number of nitrogens with one attached hydrogen (secondary N) is 1. The molecule has 0 aliphatic carbocycles. The smallest absolute Gasteiger partial charge is 0.0207 e. The summed E-state index contributed by atoms with van der Waals surface area (Å²) in [6.45, 7) is 12.9. The second-order valence-electron chi connectivity index (χ2n) is 5.92. The van der Waals surface area contributed by atoms with Gasteiger partial charge in [-0.15, -0.1) is 0 Å². The van der Waals surface area contributed by atoms with Gasteiger partial charge >= 0.3 is 0 Å². The Kier molecular flexibility index (Phi) is 3.96. The van der Waals surface area contributed by atoms with Gasteiger partial charge in [0.1, 0.15) is 0 Å². The summed E-state index contributed by atoms with van der Waals surface area (Å²) in [5.74, 6) is 0.744. The summed E-state index contributed by atoms with van der Waals surface area (Å²) < 4.78 is 0. The van der Waals surface area contributed by atoms with Crippen LogP contribution in [0.3, 0.4) is 0 Å². The van der Waals surface area contributed by atoms with Crippen LogP contribution in [0.25, 0.3) is 0 Å². The van der Waals surface area contributed by atoms with Crippen molar-refractivity contribution in [3.8, 4) is 0 Å². The highest BCUT2D eigenvalue weighted by Crippen LogP contribution is 2.24. The standard InChI is InChI=1S/C12H26N2/c1-10(12(2,3)4)8-13-11-6-7-14(5)9-11/h10-11,13H,6-9H2,1-5H3. The minimum absolute atomic E-state index is 0.428. The van der Waals surface area contributed by atoms with Crippen molar-refractivity contribution in [2.45, 2.75) is 40.2 Å². The molecule has 2 unspecified atom stereocenters. The van der Waals surface area contributed by atoms with Gasteiger partial charge in [-0.05, 0) is 37.9 Å². The Morgan fingerprint density at radius 2 is 2.07 bits per heavy atom. The van der Waals surface area contributed by atoms with Crippen LogP contribution < -0.4 is 5.32 Å². The first-order valence-corrected chi connectivity index (χ1v) is 5.81. The van der Waals surface area contributed by atoms with Crippen molar-refractivity contribution in [2.75, 3.05) is 26.7 Å². The molecular weight excluding hydrogens is 172 g/mol. The van der Waals surface area contributed by atoms with Crippen molar-refractivity contribution in [1.82, 2.24) is 10.2 Å². The van der Waals surface area contributed by atoms with Crippen molar-refractivity contribution in [1.29, 1.82) is 0 Å².